The van der Waals surface area contributed by atoms with Crippen LogP contribution in [0.1, 0.15) is 22.2 Å². The molecule has 0 unspecified atom stereocenters. The fourth-order valence-corrected chi connectivity index (χ4v) is 1.50. The fourth-order valence-electron chi connectivity index (χ4n) is 0.785. The van der Waals surface area contributed by atoms with Gasteiger partial charge in [-0.05, 0) is 13.0 Å². The molecule has 1 aromatic heterocycles. The molecule has 0 aliphatic heterocycles. The second kappa shape index (κ2) is 4.23. The Balaban J connectivity index is 2.68. The summed E-state index contributed by atoms with van der Waals surface area (Å²) in [7, 11) is 0. The first-order valence-corrected chi connectivity index (χ1v) is 4.51. The number of aliphatic hydroxyl groups excluding tert-OH is 1. The molecule has 0 aliphatic rings. The topological polar surface area (TPSA) is 46.5 Å². The number of ether oxygens (including phenoxy) is 1. The van der Waals surface area contributed by atoms with E-state index in [0.29, 0.717) is 12.2 Å². The second-order valence-corrected chi connectivity index (χ2v) is 3.18. The standard InChI is InChI=1S/C8H10O3S/c1-2-11-8(10)6-3-7(4-9)12-5-6/h3,5,9H,2,4H2,1H3. The second-order valence-electron chi connectivity index (χ2n) is 2.18. The first-order valence-electron chi connectivity index (χ1n) is 3.63. The summed E-state index contributed by atoms with van der Waals surface area (Å²) in [5, 5.41) is 10.4. The molecule has 0 aromatic carbocycles. The number of carbonyl (C=O) groups is 1. The summed E-state index contributed by atoms with van der Waals surface area (Å²) in [6.07, 6.45) is 0. The number of esters is 1. The van der Waals surface area contributed by atoms with Crippen molar-refractivity contribution in [2.45, 2.75) is 13.5 Å². The van der Waals surface area contributed by atoms with Crippen LogP contribution in [0.3, 0.4) is 0 Å². The van der Waals surface area contributed by atoms with Crippen LogP contribution in [0, 0.1) is 0 Å². The Morgan fingerprint density at radius 2 is 2.50 bits per heavy atom. The summed E-state index contributed by atoms with van der Waals surface area (Å²) in [6, 6.07) is 1.64. The molecule has 0 bridgehead atoms. The Morgan fingerprint density at radius 1 is 1.75 bits per heavy atom. The van der Waals surface area contributed by atoms with Gasteiger partial charge in [-0.1, -0.05) is 0 Å². The van der Waals surface area contributed by atoms with Crippen LogP contribution in [-0.2, 0) is 11.3 Å². The molecule has 0 fully saturated rings. The molecule has 1 heterocycles. The van der Waals surface area contributed by atoms with Crippen LogP contribution in [0.15, 0.2) is 11.4 Å². The predicted molar refractivity (Wildman–Crippen MR) is 46.2 cm³/mol. The van der Waals surface area contributed by atoms with Gasteiger partial charge in [0.05, 0.1) is 18.8 Å². The third-order valence-corrected chi connectivity index (χ3v) is 2.24. The molecule has 0 amide bonds. The first-order chi connectivity index (χ1) is 5.77. The van der Waals surface area contributed by atoms with E-state index in [1.165, 1.54) is 11.3 Å². The van der Waals surface area contributed by atoms with Crippen LogP contribution in [0.5, 0.6) is 0 Å². The van der Waals surface area contributed by atoms with Crippen molar-refractivity contribution in [3.63, 3.8) is 0 Å². The summed E-state index contributed by atoms with van der Waals surface area (Å²) in [4.78, 5) is 11.9. The number of thiophene rings is 1. The maximum atomic E-state index is 11.1. The molecule has 1 aromatic rings. The third kappa shape index (κ3) is 2.06. The van der Waals surface area contributed by atoms with Gasteiger partial charge >= 0.3 is 5.97 Å². The lowest BCUT2D eigenvalue weighted by molar-refractivity contribution is 0.0527. The minimum Gasteiger partial charge on any atom is -0.462 e. The maximum absolute atomic E-state index is 11.1. The fraction of sp³-hybridized carbons (Fsp3) is 0.375. The van der Waals surface area contributed by atoms with E-state index in [1.54, 1.807) is 18.4 Å². The van der Waals surface area contributed by atoms with Gasteiger partial charge in [-0.15, -0.1) is 11.3 Å². The van der Waals surface area contributed by atoms with Gasteiger partial charge in [0, 0.05) is 10.3 Å². The average molecular weight is 186 g/mol. The van der Waals surface area contributed by atoms with Crippen molar-refractivity contribution in [3.05, 3.63) is 21.9 Å². The molecule has 1 N–H and O–H groups in total. The zero-order valence-corrected chi connectivity index (χ0v) is 7.56. The van der Waals surface area contributed by atoms with Crippen molar-refractivity contribution in [2.24, 2.45) is 0 Å². The van der Waals surface area contributed by atoms with Gasteiger partial charge in [0.25, 0.3) is 0 Å². The Kier molecular flexibility index (Phi) is 3.25. The van der Waals surface area contributed by atoms with Crippen molar-refractivity contribution in [1.29, 1.82) is 0 Å². The van der Waals surface area contributed by atoms with Crippen LogP contribution in [0.25, 0.3) is 0 Å². The number of carbonyl (C=O) groups excluding carboxylic acids is 1. The van der Waals surface area contributed by atoms with Gasteiger partial charge in [-0.2, -0.15) is 0 Å². The van der Waals surface area contributed by atoms with E-state index in [9.17, 15) is 4.79 Å². The van der Waals surface area contributed by atoms with Gasteiger partial charge < -0.3 is 9.84 Å². The summed E-state index contributed by atoms with van der Waals surface area (Å²) < 4.78 is 4.77. The van der Waals surface area contributed by atoms with Crippen LogP contribution < -0.4 is 0 Å². The lowest BCUT2D eigenvalue weighted by Gasteiger charge is -1.96. The SMILES string of the molecule is CCOC(=O)c1csc(CO)c1. The van der Waals surface area contributed by atoms with Crippen molar-refractivity contribution in [3.8, 4) is 0 Å². The van der Waals surface area contributed by atoms with Crippen molar-refractivity contribution in [1.82, 2.24) is 0 Å². The monoisotopic (exact) mass is 186 g/mol. The zero-order chi connectivity index (χ0) is 8.97. The summed E-state index contributed by atoms with van der Waals surface area (Å²) in [5.74, 6) is -0.326. The van der Waals surface area contributed by atoms with E-state index in [0.717, 1.165) is 4.88 Å². The molecular formula is C8H10O3S. The molecule has 12 heavy (non-hydrogen) atoms. The molecule has 0 atom stereocenters. The molecule has 4 heteroatoms. The van der Waals surface area contributed by atoms with E-state index in [4.69, 9.17) is 9.84 Å². The average Bonchev–Trinajstić information content (AvgIpc) is 2.52. The lowest BCUT2D eigenvalue weighted by atomic mass is 10.3. The lowest BCUT2D eigenvalue weighted by Crippen LogP contribution is -2.02. The van der Waals surface area contributed by atoms with E-state index >= 15 is 0 Å². The Labute approximate surface area is 74.6 Å². The van der Waals surface area contributed by atoms with E-state index in [2.05, 4.69) is 0 Å². The third-order valence-electron chi connectivity index (χ3n) is 1.32. The Morgan fingerprint density at radius 3 is 3.00 bits per heavy atom. The van der Waals surface area contributed by atoms with E-state index < -0.39 is 0 Å². The summed E-state index contributed by atoms with van der Waals surface area (Å²) in [5.41, 5.74) is 0.519. The number of aliphatic hydroxyl groups is 1. The zero-order valence-electron chi connectivity index (χ0n) is 6.74. The Hall–Kier alpha value is -0.870. The highest BCUT2D eigenvalue weighted by atomic mass is 32.1. The highest BCUT2D eigenvalue weighted by Gasteiger charge is 2.08. The van der Waals surface area contributed by atoms with E-state index in [1.807, 2.05) is 0 Å². The predicted octanol–water partition coefficient (Wildman–Crippen LogP) is 1.42. The highest BCUT2D eigenvalue weighted by Crippen LogP contribution is 2.15. The smallest absolute Gasteiger partial charge is 0.338 e. The molecular weight excluding hydrogens is 176 g/mol. The minimum absolute atomic E-state index is 0.0237. The molecule has 0 saturated carbocycles. The van der Waals surface area contributed by atoms with Gasteiger partial charge in [0.1, 0.15) is 0 Å². The van der Waals surface area contributed by atoms with Crippen LogP contribution in [-0.4, -0.2) is 17.7 Å². The molecule has 0 saturated heterocycles. The van der Waals surface area contributed by atoms with Crippen molar-refractivity contribution in [2.75, 3.05) is 6.61 Å². The van der Waals surface area contributed by atoms with Crippen LogP contribution in [0.4, 0.5) is 0 Å². The van der Waals surface area contributed by atoms with E-state index in [-0.39, 0.29) is 12.6 Å². The van der Waals surface area contributed by atoms with Crippen molar-refractivity contribution >= 4 is 17.3 Å². The van der Waals surface area contributed by atoms with Crippen molar-refractivity contribution < 1.29 is 14.6 Å². The summed E-state index contributed by atoms with van der Waals surface area (Å²) >= 11 is 1.35. The number of rotatable bonds is 3. The highest BCUT2D eigenvalue weighted by molar-refractivity contribution is 7.10. The van der Waals surface area contributed by atoms with Gasteiger partial charge in [-0.3, -0.25) is 0 Å². The maximum Gasteiger partial charge on any atom is 0.338 e. The first kappa shape index (κ1) is 9.22. The molecule has 0 spiro atoms. The number of hydrogen-bond acceptors (Lipinski definition) is 4. The minimum atomic E-state index is -0.326. The van der Waals surface area contributed by atoms with Gasteiger partial charge in [-0.25, -0.2) is 4.79 Å². The largest absolute Gasteiger partial charge is 0.462 e. The number of hydrogen-bond donors (Lipinski definition) is 1. The molecule has 3 nitrogen and oxygen atoms in total. The normalized spacial score (nSPS) is 9.83. The van der Waals surface area contributed by atoms with Gasteiger partial charge in [0.15, 0.2) is 0 Å². The molecule has 0 radical (unpaired) electrons. The summed E-state index contributed by atoms with van der Waals surface area (Å²) in [6.45, 7) is 2.12. The van der Waals surface area contributed by atoms with Crippen LogP contribution in [0.2, 0.25) is 0 Å². The molecule has 0 aliphatic carbocycles. The quantitative estimate of drug-likeness (QED) is 0.726. The molecule has 1 rings (SSSR count). The molecule has 66 valence electrons. The van der Waals surface area contributed by atoms with Gasteiger partial charge in [0.2, 0.25) is 0 Å². The Bertz CT molecular complexity index is 267. The van der Waals surface area contributed by atoms with Crippen LogP contribution >= 0.6 is 11.3 Å².